The molecular formula is C8H9N5OS. The smallest absolute Gasteiger partial charge is 0.272 e. The first-order valence-electron chi connectivity index (χ1n) is 4.39. The van der Waals surface area contributed by atoms with Gasteiger partial charge in [0.25, 0.3) is 5.91 Å². The van der Waals surface area contributed by atoms with Crippen LogP contribution in [0.2, 0.25) is 0 Å². The van der Waals surface area contributed by atoms with Crippen LogP contribution in [0, 0.1) is 0 Å². The molecule has 0 atom stereocenters. The Bertz CT molecular complexity index is 410. The Hall–Kier alpha value is -1.76. The first kappa shape index (κ1) is 9.78. The lowest BCUT2D eigenvalue weighted by Gasteiger charge is -2.00. The molecule has 0 fully saturated rings. The van der Waals surface area contributed by atoms with Crippen LogP contribution in [0.1, 0.15) is 16.2 Å². The number of aromatic amines is 1. The van der Waals surface area contributed by atoms with Crippen LogP contribution in [-0.2, 0) is 6.42 Å². The van der Waals surface area contributed by atoms with Gasteiger partial charge in [-0.2, -0.15) is 0 Å². The van der Waals surface area contributed by atoms with Crippen LogP contribution in [0.3, 0.4) is 0 Å². The van der Waals surface area contributed by atoms with E-state index in [0.29, 0.717) is 12.2 Å². The topological polar surface area (TPSA) is 83.6 Å². The predicted molar refractivity (Wildman–Crippen MR) is 54.5 cm³/mol. The molecule has 0 aliphatic carbocycles. The van der Waals surface area contributed by atoms with Crippen molar-refractivity contribution in [1.82, 2.24) is 24.9 Å². The monoisotopic (exact) mass is 223 g/mol. The fourth-order valence-corrected chi connectivity index (χ4v) is 1.52. The molecule has 0 aliphatic heterocycles. The quantitative estimate of drug-likeness (QED) is 0.777. The minimum absolute atomic E-state index is 0.191. The zero-order chi connectivity index (χ0) is 10.5. The molecule has 1 amide bonds. The molecular weight excluding hydrogens is 214 g/mol. The van der Waals surface area contributed by atoms with Crippen LogP contribution in [0.25, 0.3) is 0 Å². The highest BCUT2D eigenvalue weighted by Crippen LogP contribution is 1.96. The van der Waals surface area contributed by atoms with Crippen molar-refractivity contribution in [2.24, 2.45) is 0 Å². The number of hydrogen-bond donors (Lipinski definition) is 2. The molecule has 7 heteroatoms. The van der Waals surface area contributed by atoms with E-state index >= 15 is 0 Å². The van der Waals surface area contributed by atoms with Gasteiger partial charge in [0.2, 0.25) is 0 Å². The van der Waals surface area contributed by atoms with Crippen molar-refractivity contribution in [3.8, 4) is 0 Å². The SMILES string of the molecule is O=C(NCCc1cnc[nH]1)c1csnn1. The van der Waals surface area contributed by atoms with E-state index in [-0.39, 0.29) is 5.91 Å². The molecule has 0 spiro atoms. The average molecular weight is 223 g/mol. The summed E-state index contributed by atoms with van der Waals surface area (Å²) in [5.74, 6) is -0.191. The summed E-state index contributed by atoms with van der Waals surface area (Å²) in [6, 6.07) is 0. The molecule has 2 N–H and O–H groups in total. The predicted octanol–water partition coefficient (Wildman–Crippen LogP) is 0.234. The third-order valence-electron chi connectivity index (χ3n) is 1.83. The molecule has 2 aromatic rings. The van der Waals surface area contributed by atoms with Gasteiger partial charge >= 0.3 is 0 Å². The minimum atomic E-state index is -0.191. The maximum atomic E-state index is 11.4. The zero-order valence-electron chi connectivity index (χ0n) is 7.80. The summed E-state index contributed by atoms with van der Waals surface area (Å²) >= 11 is 1.16. The lowest BCUT2D eigenvalue weighted by atomic mass is 10.3. The number of carbonyl (C=O) groups is 1. The van der Waals surface area contributed by atoms with E-state index in [0.717, 1.165) is 23.6 Å². The van der Waals surface area contributed by atoms with Gasteiger partial charge in [-0.15, -0.1) is 5.10 Å². The number of rotatable bonds is 4. The second-order valence-electron chi connectivity index (χ2n) is 2.87. The average Bonchev–Trinajstić information content (AvgIpc) is 2.90. The summed E-state index contributed by atoms with van der Waals surface area (Å²) in [6.45, 7) is 0.554. The number of nitrogens with zero attached hydrogens (tertiary/aromatic N) is 3. The highest BCUT2D eigenvalue weighted by Gasteiger charge is 2.07. The zero-order valence-corrected chi connectivity index (χ0v) is 8.62. The minimum Gasteiger partial charge on any atom is -0.350 e. The number of nitrogens with one attached hydrogen (secondary N) is 2. The molecule has 2 aromatic heterocycles. The van der Waals surface area contributed by atoms with Crippen LogP contribution in [0.4, 0.5) is 0 Å². The lowest BCUT2D eigenvalue weighted by Crippen LogP contribution is -2.26. The largest absolute Gasteiger partial charge is 0.350 e. The van der Waals surface area contributed by atoms with Gasteiger partial charge in [0.05, 0.1) is 6.33 Å². The van der Waals surface area contributed by atoms with Gasteiger partial charge in [-0.25, -0.2) is 4.98 Å². The Kier molecular flexibility index (Phi) is 3.03. The Morgan fingerprint density at radius 1 is 1.60 bits per heavy atom. The Morgan fingerprint density at radius 3 is 3.20 bits per heavy atom. The molecule has 15 heavy (non-hydrogen) atoms. The van der Waals surface area contributed by atoms with Gasteiger partial charge in [0.15, 0.2) is 5.69 Å². The summed E-state index contributed by atoms with van der Waals surface area (Å²) in [7, 11) is 0. The number of H-pyrrole nitrogens is 1. The first-order chi connectivity index (χ1) is 7.36. The van der Waals surface area contributed by atoms with Crippen molar-refractivity contribution >= 4 is 17.4 Å². The van der Waals surface area contributed by atoms with Crippen molar-refractivity contribution in [2.75, 3.05) is 6.54 Å². The normalized spacial score (nSPS) is 10.1. The van der Waals surface area contributed by atoms with Crippen molar-refractivity contribution in [1.29, 1.82) is 0 Å². The van der Waals surface area contributed by atoms with Gasteiger partial charge in [-0.05, 0) is 11.5 Å². The number of amides is 1. The first-order valence-corrected chi connectivity index (χ1v) is 5.22. The third-order valence-corrected chi connectivity index (χ3v) is 2.33. The number of hydrogen-bond acceptors (Lipinski definition) is 5. The maximum Gasteiger partial charge on any atom is 0.272 e. The van der Waals surface area contributed by atoms with Crippen molar-refractivity contribution in [3.63, 3.8) is 0 Å². The molecule has 2 rings (SSSR count). The second-order valence-corrected chi connectivity index (χ2v) is 3.48. The van der Waals surface area contributed by atoms with E-state index in [4.69, 9.17) is 0 Å². The molecule has 0 saturated carbocycles. The molecule has 0 unspecified atom stereocenters. The summed E-state index contributed by atoms with van der Waals surface area (Å²) in [5, 5.41) is 8.03. The van der Waals surface area contributed by atoms with E-state index in [2.05, 4.69) is 24.9 Å². The van der Waals surface area contributed by atoms with Crippen LogP contribution < -0.4 is 5.32 Å². The fourth-order valence-electron chi connectivity index (χ4n) is 1.09. The van der Waals surface area contributed by atoms with E-state index in [1.54, 1.807) is 17.9 Å². The second kappa shape index (κ2) is 4.65. The Balaban J connectivity index is 1.77. The molecule has 0 aliphatic rings. The van der Waals surface area contributed by atoms with Gasteiger partial charge in [0.1, 0.15) is 0 Å². The highest BCUT2D eigenvalue weighted by molar-refractivity contribution is 7.03. The highest BCUT2D eigenvalue weighted by atomic mass is 32.1. The molecule has 0 radical (unpaired) electrons. The number of imidazole rings is 1. The van der Waals surface area contributed by atoms with Gasteiger partial charge in [0, 0.05) is 30.2 Å². The maximum absolute atomic E-state index is 11.4. The third kappa shape index (κ3) is 2.59. The molecule has 0 saturated heterocycles. The molecule has 0 aromatic carbocycles. The molecule has 6 nitrogen and oxygen atoms in total. The lowest BCUT2D eigenvalue weighted by molar-refractivity contribution is 0.0949. The van der Waals surface area contributed by atoms with E-state index in [1.807, 2.05) is 0 Å². The standard InChI is InChI=1S/C8H9N5OS/c14-8(7-4-15-13-12-7)10-2-1-6-3-9-5-11-6/h3-5H,1-2H2,(H,9,11)(H,10,14). The van der Waals surface area contributed by atoms with Crippen LogP contribution >= 0.6 is 11.5 Å². The van der Waals surface area contributed by atoms with Gasteiger partial charge in [-0.3, -0.25) is 4.79 Å². The molecule has 2 heterocycles. The van der Waals surface area contributed by atoms with Crippen molar-refractivity contribution in [3.05, 3.63) is 29.3 Å². The molecule has 78 valence electrons. The van der Waals surface area contributed by atoms with E-state index in [1.165, 1.54) is 0 Å². The molecule has 0 bridgehead atoms. The van der Waals surface area contributed by atoms with E-state index < -0.39 is 0 Å². The Labute approximate surface area is 89.9 Å². The van der Waals surface area contributed by atoms with E-state index in [9.17, 15) is 4.79 Å². The Morgan fingerprint density at radius 2 is 2.53 bits per heavy atom. The number of aromatic nitrogens is 4. The van der Waals surface area contributed by atoms with Crippen molar-refractivity contribution in [2.45, 2.75) is 6.42 Å². The summed E-state index contributed by atoms with van der Waals surface area (Å²) < 4.78 is 3.62. The van der Waals surface area contributed by atoms with Gasteiger partial charge in [-0.1, -0.05) is 4.49 Å². The summed E-state index contributed by atoms with van der Waals surface area (Å²) in [5.41, 5.74) is 1.36. The van der Waals surface area contributed by atoms with Crippen molar-refractivity contribution < 1.29 is 4.79 Å². The van der Waals surface area contributed by atoms with Crippen LogP contribution in [-0.4, -0.2) is 32.0 Å². The summed E-state index contributed by atoms with van der Waals surface area (Å²) in [4.78, 5) is 18.2. The summed E-state index contributed by atoms with van der Waals surface area (Å²) in [6.07, 6.45) is 4.07. The van der Waals surface area contributed by atoms with Crippen LogP contribution in [0.15, 0.2) is 17.9 Å². The number of carbonyl (C=O) groups excluding carboxylic acids is 1. The fraction of sp³-hybridized carbons (Fsp3) is 0.250. The van der Waals surface area contributed by atoms with Gasteiger partial charge < -0.3 is 10.3 Å². The van der Waals surface area contributed by atoms with Crippen LogP contribution in [0.5, 0.6) is 0 Å².